The zero-order valence-electron chi connectivity index (χ0n) is 20.4. The summed E-state index contributed by atoms with van der Waals surface area (Å²) in [5.41, 5.74) is 6.03. The predicted octanol–water partition coefficient (Wildman–Crippen LogP) is 5.00. The standard InChI is InChI=1S/C34H23NO2/c1-3-4-12-23-21(2)22-15-11-19-29-31(22)35(33(23)37)30-20-10-9-18-28(30)34(29)26-16-7-5-13-24(26)32(36)25-14-6-8-17-27(25)34/h3-20H,2H2,1H3/b4-3-,23-12+. The first-order chi connectivity index (χ1) is 18.1. The van der Waals surface area contributed by atoms with E-state index in [1.165, 1.54) is 0 Å². The summed E-state index contributed by atoms with van der Waals surface area (Å²) in [5, 5.41) is 2.21. The SMILES string of the molecule is C=c1/c(=C\C=C/C)c(=O)n2c3c(cccc13)C1(c3ccccc3C(=O)c3ccccc31)c1ccccc1-2. The molecule has 0 bridgehead atoms. The molecule has 7 rings (SSSR count). The van der Waals surface area contributed by atoms with Crippen LogP contribution in [0.1, 0.15) is 45.1 Å². The van der Waals surface area contributed by atoms with Gasteiger partial charge in [-0.05, 0) is 46.5 Å². The number of hydrogen-bond donors (Lipinski definition) is 0. The number of benzene rings is 4. The Kier molecular flexibility index (Phi) is 4.43. The Hall–Kier alpha value is -4.76. The lowest BCUT2D eigenvalue weighted by atomic mass is 9.58. The molecule has 0 N–H and O–H groups in total. The van der Waals surface area contributed by atoms with Crippen molar-refractivity contribution >= 4 is 29.3 Å². The van der Waals surface area contributed by atoms with Crippen molar-refractivity contribution < 1.29 is 4.79 Å². The van der Waals surface area contributed by atoms with Crippen molar-refractivity contribution in [1.82, 2.24) is 4.57 Å². The first-order valence-corrected chi connectivity index (χ1v) is 12.4. The third kappa shape index (κ3) is 2.56. The number of aromatic nitrogens is 1. The van der Waals surface area contributed by atoms with Gasteiger partial charge in [-0.2, -0.15) is 0 Å². The summed E-state index contributed by atoms with van der Waals surface area (Å²) in [4.78, 5) is 27.8. The lowest BCUT2D eigenvalue weighted by Crippen LogP contribution is -2.49. The summed E-state index contributed by atoms with van der Waals surface area (Å²) < 4.78 is 1.84. The van der Waals surface area contributed by atoms with Gasteiger partial charge in [-0.1, -0.05) is 104 Å². The average Bonchev–Trinajstić information content (AvgIpc) is 2.94. The van der Waals surface area contributed by atoms with Crippen LogP contribution in [-0.4, -0.2) is 10.4 Å². The fraction of sp³-hybridized carbons (Fsp3) is 0.0588. The molecule has 0 fully saturated rings. The summed E-state index contributed by atoms with van der Waals surface area (Å²) in [6.07, 6.45) is 5.63. The van der Waals surface area contributed by atoms with Crippen molar-refractivity contribution in [2.75, 3.05) is 0 Å². The van der Waals surface area contributed by atoms with Crippen molar-refractivity contribution in [2.45, 2.75) is 12.3 Å². The van der Waals surface area contributed by atoms with Gasteiger partial charge in [-0.25, -0.2) is 0 Å². The molecule has 0 atom stereocenters. The largest absolute Gasteiger partial charge is 0.289 e. The minimum Gasteiger partial charge on any atom is -0.289 e. The number of hydrogen-bond acceptors (Lipinski definition) is 2. The Bertz CT molecular complexity index is 1960. The van der Waals surface area contributed by atoms with E-state index >= 15 is 0 Å². The van der Waals surface area contributed by atoms with Crippen molar-refractivity contribution in [1.29, 1.82) is 0 Å². The number of carbonyl (C=O) groups excluding carboxylic acids is 1. The van der Waals surface area contributed by atoms with Crippen molar-refractivity contribution in [3.63, 3.8) is 0 Å². The average molecular weight is 478 g/mol. The van der Waals surface area contributed by atoms with E-state index in [-0.39, 0.29) is 11.3 Å². The molecule has 2 heterocycles. The summed E-state index contributed by atoms with van der Waals surface area (Å²) >= 11 is 0. The van der Waals surface area contributed by atoms with Crippen LogP contribution in [0.15, 0.2) is 108 Å². The Labute approximate surface area is 214 Å². The molecule has 1 spiro atoms. The molecule has 37 heavy (non-hydrogen) atoms. The second-order valence-corrected chi connectivity index (χ2v) is 9.61. The smallest absolute Gasteiger partial charge is 0.263 e. The van der Waals surface area contributed by atoms with Gasteiger partial charge in [0.2, 0.25) is 0 Å². The molecule has 0 amide bonds. The Morgan fingerprint density at radius 2 is 1.32 bits per heavy atom. The molecule has 4 aromatic carbocycles. The molecule has 176 valence electrons. The van der Waals surface area contributed by atoms with E-state index in [0.29, 0.717) is 21.6 Å². The van der Waals surface area contributed by atoms with E-state index < -0.39 is 5.41 Å². The number of ketones is 1. The van der Waals surface area contributed by atoms with Gasteiger partial charge >= 0.3 is 0 Å². The molecule has 5 aromatic rings. The van der Waals surface area contributed by atoms with Gasteiger partial charge in [0.05, 0.1) is 16.6 Å². The lowest BCUT2D eigenvalue weighted by Gasteiger charge is -2.45. The number of carbonyl (C=O) groups is 1. The van der Waals surface area contributed by atoms with Gasteiger partial charge in [0.15, 0.2) is 5.78 Å². The number of para-hydroxylation sites is 2. The summed E-state index contributed by atoms with van der Waals surface area (Å²) in [7, 11) is 0. The maximum absolute atomic E-state index is 14.1. The van der Waals surface area contributed by atoms with Crippen molar-refractivity contribution in [3.05, 3.63) is 157 Å². The van der Waals surface area contributed by atoms with Crippen LogP contribution >= 0.6 is 0 Å². The minimum atomic E-state index is -0.759. The van der Waals surface area contributed by atoms with E-state index in [2.05, 4.69) is 30.8 Å². The Balaban J connectivity index is 1.81. The fourth-order valence-electron chi connectivity index (χ4n) is 6.44. The maximum atomic E-state index is 14.1. The summed E-state index contributed by atoms with van der Waals surface area (Å²) in [5.74, 6) is 0.0265. The first kappa shape index (κ1) is 21.5. The van der Waals surface area contributed by atoms with Crippen molar-refractivity contribution in [2.24, 2.45) is 0 Å². The second-order valence-electron chi connectivity index (χ2n) is 9.61. The molecule has 1 aromatic heterocycles. The molecule has 0 unspecified atom stereocenters. The van der Waals surface area contributed by atoms with Crippen LogP contribution in [0, 0.1) is 0 Å². The van der Waals surface area contributed by atoms with Crippen LogP contribution in [0.25, 0.3) is 29.2 Å². The molecule has 2 aliphatic rings. The zero-order valence-corrected chi connectivity index (χ0v) is 20.4. The molecule has 1 aliphatic carbocycles. The number of nitrogens with zero attached hydrogens (tertiary/aromatic N) is 1. The Morgan fingerprint density at radius 3 is 2.00 bits per heavy atom. The molecule has 3 heteroatoms. The first-order valence-electron chi connectivity index (χ1n) is 12.4. The highest BCUT2D eigenvalue weighted by Gasteiger charge is 2.50. The molecule has 0 radical (unpaired) electrons. The van der Waals surface area contributed by atoms with E-state index in [1.807, 2.05) is 96.4 Å². The van der Waals surface area contributed by atoms with E-state index in [1.54, 1.807) is 0 Å². The predicted molar refractivity (Wildman–Crippen MR) is 149 cm³/mol. The normalized spacial score (nSPS) is 15.2. The summed E-state index contributed by atoms with van der Waals surface area (Å²) in [6.45, 7) is 6.29. The number of allylic oxidation sites excluding steroid dienone is 2. The molecular formula is C34H23NO2. The lowest BCUT2D eigenvalue weighted by molar-refractivity contribution is 0.103. The van der Waals surface area contributed by atoms with Gasteiger partial charge in [0, 0.05) is 21.7 Å². The molecule has 0 saturated carbocycles. The van der Waals surface area contributed by atoms with Gasteiger partial charge in [-0.3, -0.25) is 14.2 Å². The van der Waals surface area contributed by atoms with Gasteiger partial charge in [0.25, 0.3) is 5.56 Å². The quantitative estimate of drug-likeness (QED) is 0.334. The minimum absolute atomic E-state index is 0.0265. The molecule has 1 aliphatic heterocycles. The zero-order chi connectivity index (χ0) is 25.3. The molecule has 3 nitrogen and oxygen atoms in total. The number of rotatable bonds is 1. The van der Waals surface area contributed by atoms with Crippen LogP contribution in [0.2, 0.25) is 0 Å². The second kappa shape index (κ2) is 7.62. The van der Waals surface area contributed by atoms with E-state index in [4.69, 9.17) is 0 Å². The third-order valence-electron chi connectivity index (χ3n) is 7.90. The molecular weight excluding hydrogens is 454 g/mol. The van der Waals surface area contributed by atoms with E-state index in [0.717, 1.165) is 38.8 Å². The van der Waals surface area contributed by atoms with Crippen LogP contribution in [0.4, 0.5) is 0 Å². The van der Waals surface area contributed by atoms with Crippen molar-refractivity contribution in [3.8, 4) is 5.69 Å². The van der Waals surface area contributed by atoms with Crippen LogP contribution in [0.5, 0.6) is 0 Å². The Morgan fingerprint density at radius 1 is 0.730 bits per heavy atom. The highest BCUT2D eigenvalue weighted by Crippen LogP contribution is 2.55. The summed E-state index contributed by atoms with van der Waals surface area (Å²) in [6, 6.07) is 30.1. The van der Waals surface area contributed by atoms with Gasteiger partial charge in [0.1, 0.15) is 0 Å². The number of fused-ring (bicyclic) bond motifs is 8. The van der Waals surface area contributed by atoms with Crippen LogP contribution in [-0.2, 0) is 5.41 Å². The highest BCUT2D eigenvalue weighted by molar-refractivity contribution is 6.14. The van der Waals surface area contributed by atoms with Crippen LogP contribution < -0.4 is 16.0 Å². The topological polar surface area (TPSA) is 39.1 Å². The molecule has 0 saturated heterocycles. The van der Waals surface area contributed by atoms with Gasteiger partial charge < -0.3 is 0 Å². The monoisotopic (exact) mass is 477 g/mol. The maximum Gasteiger partial charge on any atom is 0.263 e. The third-order valence-corrected chi connectivity index (χ3v) is 7.90. The highest BCUT2D eigenvalue weighted by atomic mass is 16.1. The van der Waals surface area contributed by atoms with Crippen LogP contribution in [0.3, 0.4) is 0 Å². The number of pyridine rings is 1. The fourth-order valence-corrected chi connectivity index (χ4v) is 6.44. The van der Waals surface area contributed by atoms with Gasteiger partial charge in [-0.15, -0.1) is 0 Å². The van der Waals surface area contributed by atoms with E-state index in [9.17, 15) is 9.59 Å².